The molecule has 0 bridgehead atoms. The number of hydrogen-bond acceptors (Lipinski definition) is 3. The molecule has 0 unspecified atom stereocenters. The van der Waals surface area contributed by atoms with Crippen LogP contribution in [0.4, 0.5) is 0 Å². The SMILES string of the molecule is COc1ccc(CBr)cc1-c1cccc(OC)c1OC. The van der Waals surface area contributed by atoms with E-state index < -0.39 is 0 Å². The van der Waals surface area contributed by atoms with Crippen LogP contribution in [0.5, 0.6) is 17.2 Å². The van der Waals surface area contributed by atoms with Gasteiger partial charge in [-0.25, -0.2) is 0 Å². The summed E-state index contributed by atoms with van der Waals surface area (Å²) in [6.07, 6.45) is 0. The molecule has 2 rings (SSSR count). The van der Waals surface area contributed by atoms with Gasteiger partial charge < -0.3 is 14.2 Å². The van der Waals surface area contributed by atoms with E-state index in [2.05, 4.69) is 22.0 Å². The van der Waals surface area contributed by atoms with Crippen LogP contribution in [-0.2, 0) is 5.33 Å². The van der Waals surface area contributed by atoms with Crippen molar-refractivity contribution in [2.75, 3.05) is 21.3 Å². The lowest BCUT2D eigenvalue weighted by molar-refractivity contribution is 0.356. The van der Waals surface area contributed by atoms with Gasteiger partial charge in [0, 0.05) is 16.5 Å². The lowest BCUT2D eigenvalue weighted by atomic mass is 10.0. The summed E-state index contributed by atoms with van der Waals surface area (Å²) < 4.78 is 16.3. The van der Waals surface area contributed by atoms with Gasteiger partial charge in [-0.1, -0.05) is 34.1 Å². The predicted octanol–water partition coefficient (Wildman–Crippen LogP) is 4.27. The van der Waals surface area contributed by atoms with E-state index in [9.17, 15) is 0 Å². The molecule has 0 saturated carbocycles. The molecular formula is C16H17BrO3. The molecule has 0 spiro atoms. The Labute approximate surface area is 127 Å². The van der Waals surface area contributed by atoms with Crippen molar-refractivity contribution in [1.29, 1.82) is 0 Å². The molecule has 2 aromatic rings. The van der Waals surface area contributed by atoms with Crippen LogP contribution >= 0.6 is 15.9 Å². The highest BCUT2D eigenvalue weighted by Gasteiger charge is 2.15. The Balaban J connectivity index is 2.66. The molecule has 106 valence electrons. The first kappa shape index (κ1) is 14.7. The van der Waals surface area contributed by atoms with Gasteiger partial charge in [-0.3, -0.25) is 0 Å². The van der Waals surface area contributed by atoms with Crippen molar-refractivity contribution in [2.45, 2.75) is 5.33 Å². The molecular weight excluding hydrogens is 320 g/mol. The summed E-state index contributed by atoms with van der Waals surface area (Å²) in [5.41, 5.74) is 3.11. The van der Waals surface area contributed by atoms with Crippen LogP contribution in [0.25, 0.3) is 11.1 Å². The molecule has 2 aromatic carbocycles. The number of methoxy groups -OCH3 is 3. The molecule has 0 aliphatic carbocycles. The van der Waals surface area contributed by atoms with Gasteiger partial charge in [0.05, 0.1) is 21.3 Å². The highest BCUT2D eigenvalue weighted by Crippen LogP contribution is 2.42. The van der Waals surface area contributed by atoms with E-state index in [4.69, 9.17) is 14.2 Å². The third-order valence-corrected chi connectivity index (χ3v) is 3.76. The van der Waals surface area contributed by atoms with Gasteiger partial charge in [0.2, 0.25) is 0 Å². The largest absolute Gasteiger partial charge is 0.496 e. The molecule has 0 amide bonds. The van der Waals surface area contributed by atoms with Crippen LogP contribution in [0.3, 0.4) is 0 Å². The molecule has 0 aliphatic rings. The Kier molecular flexibility index (Phi) is 4.90. The van der Waals surface area contributed by atoms with Crippen LogP contribution in [0.15, 0.2) is 36.4 Å². The van der Waals surface area contributed by atoms with Crippen LogP contribution in [-0.4, -0.2) is 21.3 Å². The number of ether oxygens (including phenoxy) is 3. The van der Waals surface area contributed by atoms with Crippen LogP contribution in [0.1, 0.15) is 5.56 Å². The topological polar surface area (TPSA) is 27.7 Å². The van der Waals surface area contributed by atoms with Crippen molar-refractivity contribution in [1.82, 2.24) is 0 Å². The van der Waals surface area contributed by atoms with E-state index in [1.807, 2.05) is 30.3 Å². The van der Waals surface area contributed by atoms with Gasteiger partial charge in [0.1, 0.15) is 5.75 Å². The average molecular weight is 337 g/mol. The van der Waals surface area contributed by atoms with E-state index in [0.29, 0.717) is 11.5 Å². The van der Waals surface area contributed by atoms with Crippen molar-refractivity contribution >= 4 is 15.9 Å². The molecule has 0 fully saturated rings. The highest BCUT2D eigenvalue weighted by atomic mass is 79.9. The quantitative estimate of drug-likeness (QED) is 0.763. The lowest BCUT2D eigenvalue weighted by Crippen LogP contribution is -1.95. The molecule has 0 saturated heterocycles. The molecule has 0 N–H and O–H groups in total. The van der Waals surface area contributed by atoms with Gasteiger partial charge in [-0.15, -0.1) is 0 Å². The minimum Gasteiger partial charge on any atom is -0.496 e. The molecule has 0 radical (unpaired) electrons. The number of halogens is 1. The second-order valence-corrected chi connectivity index (χ2v) is 4.77. The molecule has 3 nitrogen and oxygen atoms in total. The van der Waals surface area contributed by atoms with E-state index >= 15 is 0 Å². The normalized spacial score (nSPS) is 10.2. The third-order valence-electron chi connectivity index (χ3n) is 3.11. The summed E-state index contributed by atoms with van der Waals surface area (Å²) >= 11 is 3.48. The van der Waals surface area contributed by atoms with Crippen LogP contribution < -0.4 is 14.2 Å². The zero-order valence-corrected chi connectivity index (χ0v) is 13.4. The fourth-order valence-corrected chi connectivity index (χ4v) is 2.50. The first-order valence-corrected chi connectivity index (χ1v) is 7.31. The summed E-state index contributed by atoms with van der Waals surface area (Å²) in [5.74, 6) is 2.22. The Morgan fingerprint density at radius 1 is 0.850 bits per heavy atom. The molecule has 0 atom stereocenters. The molecule has 20 heavy (non-hydrogen) atoms. The molecule has 0 heterocycles. The van der Waals surface area contributed by atoms with Crippen molar-refractivity contribution in [2.24, 2.45) is 0 Å². The fraction of sp³-hybridized carbons (Fsp3) is 0.250. The number of rotatable bonds is 5. The molecule has 0 aliphatic heterocycles. The Morgan fingerprint density at radius 3 is 2.20 bits per heavy atom. The van der Waals surface area contributed by atoms with E-state index in [1.54, 1.807) is 21.3 Å². The number of alkyl halides is 1. The Hall–Kier alpha value is -1.68. The summed E-state index contributed by atoms with van der Waals surface area (Å²) in [7, 11) is 4.94. The minimum atomic E-state index is 0.705. The maximum atomic E-state index is 5.50. The summed E-state index contributed by atoms with van der Waals surface area (Å²) in [5, 5.41) is 0.788. The van der Waals surface area contributed by atoms with E-state index in [-0.39, 0.29) is 0 Å². The van der Waals surface area contributed by atoms with Crippen LogP contribution in [0.2, 0.25) is 0 Å². The zero-order chi connectivity index (χ0) is 14.5. The smallest absolute Gasteiger partial charge is 0.168 e. The van der Waals surface area contributed by atoms with E-state index in [1.165, 1.54) is 5.56 Å². The van der Waals surface area contributed by atoms with Crippen molar-refractivity contribution in [3.8, 4) is 28.4 Å². The first-order chi connectivity index (χ1) is 9.74. The van der Waals surface area contributed by atoms with Crippen molar-refractivity contribution in [3.63, 3.8) is 0 Å². The van der Waals surface area contributed by atoms with Crippen molar-refractivity contribution < 1.29 is 14.2 Å². The summed E-state index contributed by atoms with van der Waals surface area (Å²) in [6, 6.07) is 11.9. The van der Waals surface area contributed by atoms with Crippen LogP contribution in [0, 0.1) is 0 Å². The molecule has 0 aromatic heterocycles. The highest BCUT2D eigenvalue weighted by molar-refractivity contribution is 9.08. The van der Waals surface area contributed by atoms with Gasteiger partial charge >= 0.3 is 0 Å². The monoisotopic (exact) mass is 336 g/mol. The summed E-state index contributed by atoms with van der Waals surface area (Å²) in [6.45, 7) is 0. The fourth-order valence-electron chi connectivity index (χ4n) is 2.15. The van der Waals surface area contributed by atoms with Gasteiger partial charge in [0.15, 0.2) is 11.5 Å². The third kappa shape index (κ3) is 2.75. The van der Waals surface area contributed by atoms with Gasteiger partial charge in [-0.2, -0.15) is 0 Å². The van der Waals surface area contributed by atoms with Gasteiger partial charge in [0.25, 0.3) is 0 Å². The number of para-hydroxylation sites is 1. The number of hydrogen-bond donors (Lipinski definition) is 0. The zero-order valence-electron chi connectivity index (χ0n) is 11.8. The predicted molar refractivity (Wildman–Crippen MR) is 84.2 cm³/mol. The van der Waals surface area contributed by atoms with Crippen molar-refractivity contribution in [3.05, 3.63) is 42.0 Å². The Morgan fingerprint density at radius 2 is 1.60 bits per heavy atom. The number of benzene rings is 2. The lowest BCUT2D eigenvalue weighted by Gasteiger charge is -2.15. The summed E-state index contributed by atoms with van der Waals surface area (Å²) in [4.78, 5) is 0. The standard InChI is InChI=1S/C16H17BrO3/c1-18-14-8-7-11(10-17)9-13(14)12-5-4-6-15(19-2)16(12)20-3/h4-9H,10H2,1-3H3. The Bertz CT molecular complexity index is 596. The second-order valence-electron chi connectivity index (χ2n) is 4.21. The average Bonchev–Trinajstić information content (AvgIpc) is 2.53. The molecule has 4 heteroatoms. The van der Waals surface area contributed by atoms with Gasteiger partial charge in [-0.05, 0) is 23.8 Å². The van der Waals surface area contributed by atoms with E-state index in [0.717, 1.165) is 22.2 Å². The second kappa shape index (κ2) is 6.66. The minimum absolute atomic E-state index is 0.705. The maximum Gasteiger partial charge on any atom is 0.168 e. The first-order valence-electron chi connectivity index (χ1n) is 6.19. The maximum absolute atomic E-state index is 5.50.